The van der Waals surface area contributed by atoms with E-state index in [1.807, 2.05) is 18.2 Å². The number of hydrogen-bond acceptors (Lipinski definition) is 8. The van der Waals surface area contributed by atoms with Gasteiger partial charge in [-0.25, -0.2) is 23.7 Å². The average molecular weight is 495 g/mol. The van der Waals surface area contributed by atoms with Crippen LogP contribution in [0.25, 0.3) is 33.3 Å². The molecule has 1 aromatic carbocycles. The fourth-order valence-corrected chi connectivity index (χ4v) is 4.64. The molecule has 186 valence electrons. The first-order valence-electron chi connectivity index (χ1n) is 11.8. The maximum atomic E-state index is 12.9. The van der Waals surface area contributed by atoms with Gasteiger partial charge in [-0.1, -0.05) is 0 Å². The van der Waals surface area contributed by atoms with Crippen LogP contribution in [-0.4, -0.2) is 60.6 Å². The van der Waals surface area contributed by atoms with Crippen LogP contribution in [0.1, 0.15) is 6.42 Å². The molecule has 1 aliphatic heterocycles. The number of anilines is 3. The number of nitrogens with zero attached hydrogens (tertiary/aromatic N) is 4. The van der Waals surface area contributed by atoms with E-state index in [-0.39, 0.29) is 12.2 Å². The molecule has 1 saturated carbocycles. The van der Waals surface area contributed by atoms with E-state index in [4.69, 9.17) is 14.1 Å². The normalized spacial score (nSPS) is 19.7. The molecule has 1 aliphatic carbocycles. The summed E-state index contributed by atoms with van der Waals surface area (Å²) >= 11 is 0. The summed E-state index contributed by atoms with van der Waals surface area (Å²) in [5, 5.41) is 7.13. The zero-order chi connectivity index (χ0) is 24.8. The second-order valence-electron chi connectivity index (χ2n) is 8.99. The molecule has 4 heterocycles. The molecule has 1 saturated heterocycles. The molecule has 0 unspecified atom stereocenters. The Morgan fingerprint density at radius 1 is 1.14 bits per heavy atom. The van der Waals surface area contributed by atoms with Crippen LogP contribution in [0.5, 0.6) is 0 Å². The van der Waals surface area contributed by atoms with Crippen molar-refractivity contribution in [2.24, 2.45) is 11.8 Å². The van der Waals surface area contributed by atoms with Crippen LogP contribution in [0.3, 0.4) is 0 Å². The lowest BCUT2D eigenvalue weighted by Gasteiger charge is -2.28. The summed E-state index contributed by atoms with van der Waals surface area (Å²) in [6, 6.07) is 7.59. The summed E-state index contributed by atoms with van der Waals surface area (Å²) in [5.74, 6) is -0.771. The Balaban J connectivity index is 1.36. The molecule has 0 bridgehead atoms. The van der Waals surface area contributed by atoms with Crippen molar-refractivity contribution in [3.63, 3.8) is 0 Å². The van der Waals surface area contributed by atoms with Crippen molar-refractivity contribution in [2.45, 2.75) is 12.8 Å². The van der Waals surface area contributed by atoms with Gasteiger partial charge in [0.1, 0.15) is 17.2 Å². The molecule has 9 nitrogen and oxygen atoms in total. The van der Waals surface area contributed by atoms with Gasteiger partial charge in [-0.3, -0.25) is 4.79 Å². The molecule has 3 aromatic heterocycles. The van der Waals surface area contributed by atoms with Crippen LogP contribution in [0.4, 0.5) is 26.1 Å². The number of ether oxygens (including phenoxy) is 1. The van der Waals surface area contributed by atoms with E-state index in [0.29, 0.717) is 52.4 Å². The van der Waals surface area contributed by atoms with Gasteiger partial charge < -0.3 is 24.7 Å². The number of carbonyl (C=O) groups is 1. The number of nitrogens with one attached hydrogen (secondary N) is 2. The van der Waals surface area contributed by atoms with Gasteiger partial charge in [-0.15, -0.1) is 0 Å². The number of carbonyl (C=O) groups excluding carboxylic acids is 1. The van der Waals surface area contributed by atoms with Crippen LogP contribution in [0, 0.1) is 11.8 Å². The minimum atomic E-state index is -2.50. The highest BCUT2D eigenvalue weighted by molar-refractivity contribution is 6.03. The fourth-order valence-electron chi connectivity index (χ4n) is 4.64. The van der Waals surface area contributed by atoms with E-state index in [1.165, 1.54) is 0 Å². The zero-order valence-corrected chi connectivity index (χ0v) is 19.5. The van der Waals surface area contributed by atoms with Gasteiger partial charge in [-0.05, 0) is 30.7 Å². The SMILES string of the molecule is CNc1ncc(-c2nc3cc(N4CCOCC4)ccc3o2)c2cc(NC(=O)[C@@H]3C[C@@H]3C(F)F)ncc12. The molecule has 2 aliphatic rings. The Kier molecular flexibility index (Phi) is 5.63. The maximum Gasteiger partial charge on any atom is 0.242 e. The first-order chi connectivity index (χ1) is 17.5. The topological polar surface area (TPSA) is 105 Å². The van der Waals surface area contributed by atoms with Crippen molar-refractivity contribution in [3.05, 3.63) is 36.7 Å². The molecule has 6 rings (SSSR count). The third kappa shape index (κ3) is 4.09. The lowest BCUT2D eigenvalue weighted by molar-refractivity contribution is -0.118. The first kappa shape index (κ1) is 22.6. The highest BCUT2D eigenvalue weighted by Crippen LogP contribution is 2.44. The molecule has 36 heavy (non-hydrogen) atoms. The first-order valence-corrected chi connectivity index (χ1v) is 11.8. The zero-order valence-electron chi connectivity index (χ0n) is 19.5. The summed E-state index contributed by atoms with van der Waals surface area (Å²) in [6.07, 6.45) is 0.931. The summed E-state index contributed by atoms with van der Waals surface area (Å²) < 4.78 is 37.3. The van der Waals surface area contributed by atoms with E-state index in [9.17, 15) is 13.6 Å². The Hall–Kier alpha value is -3.86. The van der Waals surface area contributed by atoms with Crippen LogP contribution in [0.15, 0.2) is 41.1 Å². The Morgan fingerprint density at radius 2 is 1.97 bits per heavy atom. The van der Waals surface area contributed by atoms with Crippen molar-refractivity contribution in [2.75, 3.05) is 48.9 Å². The maximum absolute atomic E-state index is 12.9. The predicted octanol–water partition coefficient (Wildman–Crippen LogP) is 4.16. The van der Waals surface area contributed by atoms with Gasteiger partial charge in [-0.2, -0.15) is 0 Å². The number of halogens is 2. The molecular weight excluding hydrogens is 470 g/mol. The lowest BCUT2D eigenvalue weighted by atomic mass is 10.1. The van der Waals surface area contributed by atoms with Crippen LogP contribution in [-0.2, 0) is 9.53 Å². The number of amides is 1. The second kappa shape index (κ2) is 8.98. The minimum absolute atomic E-state index is 0.186. The monoisotopic (exact) mass is 494 g/mol. The van der Waals surface area contributed by atoms with Gasteiger partial charge in [0, 0.05) is 60.8 Å². The lowest BCUT2D eigenvalue weighted by Crippen LogP contribution is -2.36. The quantitative estimate of drug-likeness (QED) is 0.412. The largest absolute Gasteiger partial charge is 0.436 e. The molecular formula is C25H24F2N6O3. The highest BCUT2D eigenvalue weighted by atomic mass is 19.3. The fraction of sp³-hybridized carbons (Fsp3) is 0.360. The third-order valence-corrected chi connectivity index (χ3v) is 6.74. The average Bonchev–Trinajstić information content (AvgIpc) is 3.61. The molecule has 2 fully saturated rings. The number of fused-ring (bicyclic) bond motifs is 2. The van der Waals surface area contributed by atoms with E-state index < -0.39 is 24.2 Å². The van der Waals surface area contributed by atoms with Gasteiger partial charge in [0.25, 0.3) is 0 Å². The van der Waals surface area contributed by atoms with Crippen molar-refractivity contribution in [1.82, 2.24) is 15.0 Å². The predicted molar refractivity (Wildman–Crippen MR) is 131 cm³/mol. The number of hydrogen-bond donors (Lipinski definition) is 2. The smallest absolute Gasteiger partial charge is 0.242 e. The van der Waals surface area contributed by atoms with Crippen molar-refractivity contribution >= 4 is 45.1 Å². The van der Waals surface area contributed by atoms with Crippen LogP contribution in [0.2, 0.25) is 0 Å². The number of rotatable bonds is 6. The summed E-state index contributed by atoms with van der Waals surface area (Å²) in [7, 11) is 1.75. The number of oxazole rings is 1. The Morgan fingerprint density at radius 3 is 2.72 bits per heavy atom. The van der Waals surface area contributed by atoms with Gasteiger partial charge in [0.05, 0.1) is 18.8 Å². The van der Waals surface area contributed by atoms with Crippen molar-refractivity contribution in [1.29, 1.82) is 0 Å². The molecule has 2 N–H and O–H groups in total. The molecule has 11 heteroatoms. The van der Waals surface area contributed by atoms with E-state index in [1.54, 1.807) is 25.5 Å². The minimum Gasteiger partial charge on any atom is -0.436 e. The third-order valence-electron chi connectivity index (χ3n) is 6.74. The molecule has 2 atom stereocenters. The Bertz CT molecular complexity index is 1450. The van der Waals surface area contributed by atoms with Gasteiger partial charge in [0.15, 0.2) is 5.58 Å². The number of alkyl halides is 2. The number of pyridine rings is 2. The van der Waals surface area contributed by atoms with Crippen LogP contribution >= 0.6 is 0 Å². The van der Waals surface area contributed by atoms with E-state index >= 15 is 0 Å². The molecule has 4 aromatic rings. The van der Waals surface area contributed by atoms with Crippen molar-refractivity contribution in [3.8, 4) is 11.5 Å². The Labute approximate surface area is 204 Å². The van der Waals surface area contributed by atoms with Gasteiger partial charge in [0.2, 0.25) is 18.2 Å². The molecule has 0 spiro atoms. The van der Waals surface area contributed by atoms with E-state index in [2.05, 4.69) is 25.5 Å². The number of benzene rings is 1. The number of aromatic nitrogens is 3. The number of morpholine rings is 1. The summed E-state index contributed by atoms with van der Waals surface area (Å²) in [6.45, 7) is 3.01. The van der Waals surface area contributed by atoms with E-state index in [0.717, 1.165) is 18.8 Å². The molecule has 1 amide bonds. The van der Waals surface area contributed by atoms with Gasteiger partial charge >= 0.3 is 0 Å². The second-order valence-corrected chi connectivity index (χ2v) is 8.99. The van der Waals surface area contributed by atoms with Crippen LogP contribution < -0.4 is 15.5 Å². The summed E-state index contributed by atoms with van der Waals surface area (Å²) in [4.78, 5) is 28.2. The highest BCUT2D eigenvalue weighted by Gasteiger charge is 2.48. The molecule has 0 radical (unpaired) electrons. The standard InChI is InChI=1S/C25H24F2N6O3/c1-28-23-17-11-29-21(32-24(34)16-9-15(16)22(26)27)10-14(17)18(12-30-23)25-31-19-8-13(2-3-20(19)36-25)33-4-6-35-7-5-33/h2-3,8,10-12,15-16,22H,4-7,9H2,1H3,(H,28,30)(H,29,32,34)/t15-,16+/m0/s1. The van der Waals surface area contributed by atoms with Crippen molar-refractivity contribution < 1.29 is 22.7 Å². The summed E-state index contributed by atoms with van der Waals surface area (Å²) in [5.41, 5.74) is 3.04.